The van der Waals surface area contributed by atoms with Crippen LogP contribution in [0.3, 0.4) is 0 Å². The number of hydrogen-bond donors (Lipinski definition) is 2. The normalized spacial score (nSPS) is 10.2. The van der Waals surface area contributed by atoms with E-state index in [1.165, 1.54) is 10.9 Å². The minimum Gasteiger partial charge on any atom is -0.352 e. The number of nitrogens with zero attached hydrogens (tertiary/aromatic N) is 2. The van der Waals surface area contributed by atoms with Crippen LogP contribution in [0.1, 0.15) is 0 Å². The molecule has 0 radical (unpaired) electrons. The van der Waals surface area contributed by atoms with Crippen LogP contribution in [0.4, 0.5) is 4.79 Å². The van der Waals surface area contributed by atoms with Gasteiger partial charge in [-0.3, -0.25) is 9.36 Å². The summed E-state index contributed by atoms with van der Waals surface area (Å²) in [5.41, 5.74) is 5.34. The molecule has 0 aliphatic rings. The molecule has 0 fully saturated rings. The van der Waals surface area contributed by atoms with Gasteiger partial charge in [-0.1, -0.05) is 12.1 Å². The number of nitrogens with one attached hydrogen (secondary N) is 1. The van der Waals surface area contributed by atoms with Gasteiger partial charge in [0.05, 0.1) is 17.2 Å². The van der Waals surface area contributed by atoms with Crippen molar-refractivity contribution in [2.24, 2.45) is 5.73 Å². The van der Waals surface area contributed by atoms with Crippen molar-refractivity contribution >= 4 is 16.9 Å². The summed E-state index contributed by atoms with van der Waals surface area (Å²) < 4.78 is 1.28. The van der Waals surface area contributed by atoms with E-state index < -0.39 is 6.03 Å². The Labute approximate surface area is 90.7 Å². The Bertz CT molecular complexity index is 591. The van der Waals surface area contributed by atoms with E-state index in [4.69, 9.17) is 5.73 Å². The Kier molecular flexibility index (Phi) is 2.55. The lowest BCUT2D eigenvalue weighted by Crippen LogP contribution is -2.35. The number of carbonyl (C=O) groups is 1. The van der Waals surface area contributed by atoms with Gasteiger partial charge in [-0.05, 0) is 12.1 Å². The van der Waals surface area contributed by atoms with Crippen molar-refractivity contribution in [3.8, 4) is 0 Å². The Morgan fingerprint density at radius 1 is 1.44 bits per heavy atom. The van der Waals surface area contributed by atoms with E-state index in [1.807, 2.05) is 0 Å². The molecule has 2 aromatic rings. The van der Waals surface area contributed by atoms with Gasteiger partial charge < -0.3 is 11.1 Å². The second-order valence-electron chi connectivity index (χ2n) is 3.24. The molecule has 0 saturated carbocycles. The van der Waals surface area contributed by atoms with Gasteiger partial charge in [-0.15, -0.1) is 0 Å². The van der Waals surface area contributed by atoms with Gasteiger partial charge in [0, 0.05) is 0 Å². The summed E-state index contributed by atoms with van der Waals surface area (Å²) in [7, 11) is 0. The monoisotopic (exact) mass is 218 g/mol. The molecule has 2 rings (SSSR count). The van der Waals surface area contributed by atoms with Gasteiger partial charge in [0.25, 0.3) is 5.56 Å². The van der Waals surface area contributed by atoms with Crippen molar-refractivity contribution in [3.05, 3.63) is 40.9 Å². The summed E-state index contributed by atoms with van der Waals surface area (Å²) in [6, 6.07) is 6.33. The summed E-state index contributed by atoms with van der Waals surface area (Å²) in [5.74, 6) is 0. The maximum Gasteiger partial charge on any atom is 0.313 e. The highest BCUT2D eigenvalue weighted by molar-refractivity contribution is 5.77. The summed E-state index contributed by atoms with van der Waals surface area (Å²) in [5, 5.41) is 2.84. The first-order chi connectivity index (χ1) is 7.68. The molecule has 2 amide bonds. The molecule has 0 bridgehead atoms. The fourth-order valence-corrected chi connectivity index (χ4v) is 1.38. The largest absolute Gasteiger partial charge is 0.352 e. The van der Waals surface area contributed by atoms with Crippen LogP contribution in [0, 0.1) is 0 Å². The van der Waals surface area contributed by atoms with E-state index in [2.05, 4.69) is 10.3 Å². The molecule has 6 nitrogen and oxygen atoms in total. The van der Waals surface area contributed by atoms with Crippen LogP contribution in [0.25, 0.3) is 10.9 Å². The Hall–Kier alpha value is -2.37. The topological polar surface area (TPSA) is 90.0 Å². The molecule has 0 spiro atoms. The number of nitrogens with two attached hydrogens (primary N) is 1. The van der Waals surface area contributed by atoms with Crippen molar-refractivity contribution in [1.82, 2.24) is 14.9 Å². The summed E-state index contributed by atoms with van der Waals surface area (Å²) >= 11 is 0. The lowest BCUT2D eigenvalue weighted by molar-refractivity contribution is 0.246. The number of rotatable bonds is 2. The maximum atomic E-state index is 11.9. The number of benzene rings is 1. The second-order valence-corrected chi connectivity index (χ2v) is 3.24. The molecule has 6 heteroatoms. The summed E-state index contributed by atoms with van der Waals surface area (Å²) in [4.78, 5) is 26.5. The number of fused-ring (bicyclic) bond motifs is 1. The summed E-state index contributed by atoms with van der Waals surface area (Å²) in [6.07, 6.45) is 1.38. The highest BCUT2D eigenvalue weighted by atomic mass is 16.2. The van der Waals surface area contributed by atoms with Crippen molar-refractivity contribution in [2.45, 2.75) is 6.67 Å². The Morgan fingerprint density at radius 3 is 2.94 bits per heavy atom. The van der Waals surface area contributed by atoms with Crippen molar-refractivity contribution < 1.29 is 4.79 Å². The fraction of sp³-hybridized carbons (Fsp3) is 0.100. The zero-order chi connectivity index (χ0) is 11.5. The van der Waals surface area contributed by atoms with E-state index in [0.29, 0.717) is 10.9 Å². The number of aromatic nitrogens is 2. The van der Waals surface area contributed by atoms with Gasteiger partial charge in [-0.25, -0.2) is 9.78 Å². The van der Waals surface area contributed by atoms with Gasteiger partial charge in [0.2, 0.25) is 0 Å². The van der Waals surface area contributed by atoms with Crippen molar-refractivity contribution in [1.29, 1.82) is 0 Å². The molecule has 1 aromatic heterocycles. The third-order valence-electron chi connectivity index (χ3n) is 2.16. The third kappa shape index (κ3) is 1.85. The zero-order valence-corrected chi connectivity index (χ0v) is 8.38. The van der Waals surface area contributed by atoms with E-state index in [1.54, 1.807) is 24.3 Å². The quantitative estimate of drug-likeness (QED) is 0.744. The Morgan fingerprint density at radius 2 is 2.19 bits per heavy atom. The standard InChI is InChI=1S/C10H10N4O2/c11-10(16)13-6-14-5-12-8-4-2-1-3-7(8)9(14)15/h1-5H,6H2,(H3,11,13,16). The lowest BCUT2D eigenvalue weighted by atomic mass is 10.2. The number of urea groups is 1. The smallest absolute Gasteiger partial charge is 0.313 e. The Balaban J connectivity index is 2.45. The number of hydrogen-bond acceptors (Lipinski definition) is 3. The molecule has 0 unspecified atom stereocenters. The van der Waals surface area contributed by atoms with Gasteiger partial charge in [-0.2, -0.15) is 0 Å². The van der Waals surface area contributed by atoms with E-state index in [0.717, 1.165) is 0 Å². The minimum atomic E-state index is -0.681. The predicted octanol–water partition coefficient (Wildman–Crippen LogP) is 0.0223. The first kappa shape index (κ1) is 10.2. The van der Waals surface area contributed by atoms with Crippen molar-refractivity contribution in [2.75, 3.05) is 0 Å². The lowest BCUT2D eigenvalue weighted by Gasteiger charge is -2.06. The van der Waals surface area contributed by atoms with Crippen LogP contribution in [0.5, 0.6) is 0 Å². The molecule has 16 heavy (non-hydrogen) atoms. The molecule has 1 aromatic carbocycles. The molecule has 3 N–H and O–H groups in total. The zero-order valence-electron chi connectivity index (χ0n) is 8.38. The average Bonchev–Trinajstić information content (AvgIpc) is 2.28. The predicted molar refractivity (Wildman–Crippen MR) is 58.7 cm³/mol. The van der Waals surface area contributed by atoms with E-state index >= 15 is 0 Å². The molecule has 82 valence electrons. The highest BCUT2D eigenvalue weighted by Gasteiger charge is 2.02. The van der Waals surface area contributed by atoms with Gasteiger partial charge in [0.1, 0.15) is 6.67 Å². The van der Waals surface area contributed by atoms with Crippen LogP contribution in [-0.4, -0.2) is 15.6 Å². The maximum absolute atomic E-state index is 11.9. The number of para-hydroxylation sites is 1. The first-order valence-electron chi connectivity index (χ1n) is 4.66. The molecule has 0 atom stereocenters. The van der Waals surface area contributed by atoms with Gasteiger partial charge >= 0.3 is 6.03 Å². The molecule has 1 heterocycles. The number of amides is 2. The highest BCUT2D eigenvalue weighted by Crippen LogP contribution is 2.03. The molecular weight excluding hydrogens is 208 g/mol. The fourth-order valence-electron chi connectivity index (χ4n) is 1.38. The summed E-state index contributed by atoms with van der Waals surface area (Å²) in [6.45, 7) is 0.0198. The molecular formula is C10H10N4O2. The first-order valence-corrected chi connectivity index (χ1v) is 4.66. The molecule has 0 aliphatic carbocycles. The second kappa shape index (κ2) is 4.01. The third-order valence-corrected chi connectivity index (χ3v) is 2.16. The van der Waals surface area contributed by atoms with Crippen LogP contribution < -0.4 is 16.6 Å². The number of carbonyl (C=O) groups excluding carboxylic acids is 1. The molecule has 0 aliphatic heterocycles. The van der Waals surface area contributed by atoms with Crippen LogP contribution in [0.2, 0.25) is 0 Å². The van der Waals surface area contributed by atoms with E-state index in [-0.39, 0.29) is 12.2 Å². The van der Waals surface area contributed by atoms with Gasteiger partial charge in [0.15, 0.2) is 0 Å². The SMILES string of the molecule is NC(=O)NCn1cnc2ccccc2c1=O. The number of primary amides is 1. The van der Waals surface area contributed by atoms with E-state index in [9.17, 15) is 9.59 Å². The molecule has 0 saturated heterocycles. The van der Waals surface area contributed by atoms with Crippen LogP contribution in [0.15, 0.2) is 35.4 Å². The van der Waals surface area contributed by atoms with Crippen LogP contribution in [-0.2, 0) is 6.67 Å². The average molecular weight is 218 g/mol. The van der Waals surface area contributed by atoms with Crippen molar-refractivity contribution in [3.63, 3.8) is 0 Å². The van der Waals surface area contributed by atoms with Crippen LogP contribution >= 0.6 is 0 Å². The minimum absolute atomic E-state index is 0.0198.